The zero-order chi connectivity index (χ0) is 19.2. The first-order chi connectivity index (χ1) is 13.0. The van der Waals surface area contributed by atoms with Crippen LogP contribution in [0.1, 0.15) is 26.3 Å². The lowest BCUT2D eigenvalue weighted by molar-refractivity contribution is 0.0951. The van der Waals surface area contributed by atoms with E-state index in [2.05, 4.69) is 10.6 Å². The number of carbonyl (C=O) groups excluding carboxylic acids is 2. The lowest BCUT2D eigenvalue weighted by atomic mass is 10.1. The number of amides is 2. The average Bonchev–Trinajstić information content (AvgIpc) is 2.69. The Morgan fingerprint density at radius 1 is 0.852 bits per heavy atom. The maximum absolute atomic E-state index is 12.9. The normalized spacial score (nSPS) is 10.3. The van der Waals surface area contributed by atoms with Crippen LogP contribution < -0.4 is 10.6 Å². The molecule has 0 aliphatic heterocycles. The van der Waals surface area contributed by atoms with Gasteiger partial charge in [-0.25, -0.2) is 4.39 Å². The monoisotopic (exact) mass is 382 g/mol. The Hall–Kier alpha value is -3.18. The van der Waals surface area contributed by atoms with Crippen LogP contribution in [0.4, 0.5) is 10.1 Å². The van der Waals surface area contributed by atoms with Crippen molar-refractivity contribution in [3.05, 3.63) is 100 Å². The first-order valence-corrected chi connectivity index (χ1v) is 8.59. The van der Waals surface area contributed by atoms with Gasteiger partial charge in [0.05, 0.1) is 0 Å². The van der Waals surface area contributed by atoms with Gasteiger partial charge in [0, 0.05) is 28.4 Å². The predicted octanol–water partition coefficient (Wildman–Crippen LogP) is 4.66. The van der Waals surface area contributed by atoms with Gasteiger partial charge < -0.3 is 10.6 Å². The molecule has 0 saturated heterocycles. The number of benzene rings is 3. The fraction of sp³-hybridized carbons (Fsp3) is 0.0476. The van der Waals surface area contributed by atoms with Gasteiger partial charge in [0.1, 0.15) is 5.82 Å². The minimum Gasteiger partial charge on any atom is -0.348 e. The molecule has 3 aromatic carbocycles. The lowest BCUT2D eigenvalue weighted by Crippen LogP contribution is -2.23. The third-order valence-electron chi connectivity index (χ3n) is 3.89. The molecule has 0 aromatic heterocycles. The molecular weight excluding hydrogens is 367 g/mol. The molecule has 2 amide bonds. The van der Waals surface area contributed by atoms with Gasteiger partial charge in [-0.1, -0.05) is 35.9 Å². The van der Waals surface area contributed by atoms with Crippen molar-refractivity contribution in [2.45, 2.75) is 6.54 Å². The molecule has 0 atom stereocenters. The molecule has 3 rings (SSSR count). The Kier molecular flexibility index (Phi) is 5.84. The van der Waals surface area contributed by atoms with Crippen molar-refractivity contribution in [3.63, 3.8) is 0 Å². The lowest BCUT2D eigenvalue weighted by Gasteiger charge is -2.09. The molecule has 0 unspecified atom stereocenters. The number of anilines is 1. The van der Waals surface area contributed by atoms with E-state index in [4.69, 9.17) is 11.6 Å². The summed E-state index contributed by atoms with van der Waals surface area (Å²) in [4.78, 5) is 24.7. The number of carbonyl (C=O) groups is 2. The summed E-state index contributed by atoms with van der Waals surface area (Å²) in [5.41, 5.74) is 1.95. The first-order valence-electron chi connectivity index (χ1n) is 8.21. The Bertz CT molecular complexity index is 974. The van der Waals surface area contributed by atoms with Crippen LogP contribution in [0.2, 0.25) is 5.02 Å². The summed E-state index contributed by atoms with van der Waals surface area (Å²) < 4.78 is 12.9. The SMILES string of the molecule is O=C(NCc1ccccc1Cl)c1cccc(C(=O)Nc2ccc(F)cc2)c1. The fourth-order valence-corrected chi connectivity index (χ4v) is 2.66. The molecular formula is C21H16ClFN2O2. The molecule has 3 aromatic rings. The van der Waals surface area contributed by atoms with Gasteiger partial charge in [0.15, 0.2) is 0 Å². The van der Waals surface area contributed by atoms with E-state index in [0.29, 0.717) is 21.8 Å². The van der Waals surface area contributed by atoms with Crippen LogP contribution in [-0.2, 0) is 6.54 Å². The second-order valence-electron chi connectivity index (χ2n) is 5.82. The molecule has 0 aliphatic carbocycles. The molecule has 0 fully saturated rings. The summed E-state index contributed by atoms with van der Waals surface area (Å²) >= 11 is 6.08. The van der Waals surface area contributed by atoms with Gasteiger partial charge in [0.25, 0.3) is 11.8 Å². The second-order valence-corrected chi connectivity index (χ2v) is 6.22. The number of rotatable bonds is 5. The van der Waals surface area contributed by atoms with Crippen molar-refractivity contribution in [2.24, 2.45) is 0 Å². The summed E-state index contributed by atoms with van der Waals surface area (Å²) in [5, 5.41) is 6.02. The van der Waals surface area contributed by atoms with E-state index in [1.165, 1.54) is 30.3 Å². The summed E-state index contributed by atoms with van der Waals surface area (Å²) in [5.74, 6) is -1.08. The van der Waals surface area contributed by atoms with E-state index in [1.54, 1.807) is 24.3 Å². The predicted molar refractivity (Wildman–Crippen MR) is 103 cm³/mol. The minimum atomic E-state index is -0.387. The summed E-state index contributed by atoms with van der Waals surface area (Å²) in [6, 6.07) is 19.0. The van der Waals surface area contributed by atoms with E-state index in [0.717, 1.165) is 5.56 Å². The van der Waals surface area contributed by atoms with Crippen LogP contribution in [0.25, 0.3) is 0 Å². The van der Waals surface area contributed by atoms with Gasteiger partial charge in [-0.3, -0.25) is 9.59 Å². The summed E-state index contributed by atoms with van der Waals surface area (Å²) in [7, 11) is 0. The van der Waals surface area contributed by atoms with E-state index in [-0.39, 0.29) is 24.2 Å². The first kappa shape index (κ1) is 18.6. The topological polar surface area (TPSA) is 58.2 Å². The van der Waals surface area contributed by atoms with Crippen LogP contribution >= 0.6 is 11.6 Å². The van der Waals surface area contributed by atoms with E-state index >= 15 is 0 Å². The Morgan fingerprint density at radius 3 is 2.22 bits per heavy atom. The Balaban J connectivity index is 1.67. The van der Waals surface area contributed by atoms with Crippen LogP contribution in [0.15, 0.2) is 72.8 Å². The molecule has 0 bridgehead atoms. The largest absolute Gasteiger partial charge is 0.348 e. The van der Waals surface area contributed by atoms with Crippen LogP contribution in [0.5, 0.6) is 0 Å². The quantitative estimate of drug-likeness (QED) is 0.674. The highest BCUT2D eigenvalue weighted by atomic mass is 35.5. The smallest absolute Gasteiger partial charge is 0.255 e. The van der Waals surface area contributed by atoms with Gasteiger partial charge in [-0.15, -0.1) is 0 Å². The molecule has 136 valence electrons. The van der Waals surface area contributed by atoms with Gasteiger partial charge in [0.2, 0.25) is 0 Å². The number of hydrogen-bond donors (Lipinski definition) is 2. The molecule has 0 spiro atoms. The summed E-state index contributed by atoms with van der Waals surface area (Å²) in [6.07, 6.45) is 0. The van der Waals surface area contributed by atoms with Gasteiger partial charge in [-0.2, -0.15) is 0 Å². The molecule has 27 heavy (non-hydrogen) atoms. The zero-order valence-corrected chi connectivity index (χ0v) is 15.0. The van der Waals surface area contributed by atoms with E-state index in [9.17, 15) is 14.0 Å². The molecule has 6 heteroatoms. The van der Waals surface area contributed by atoms with E-state index in [1.807, 2.05) is 18.2 Å². The highest BCUT2D eigenvalue weighted by Crippen LogP contribution is 2.15. The third-order valence-corrected chi connectivity index (χ3v) is 4.26. The van der Waals surface area contributed by atoms with Crippen molar-refractivity contribution >= 4 is 29.1 Å². The standard InChI is InChI=1S/C21H16ClFN2O2/c22-19-7-2-1-4-16(19)13-24-20(26)14-5-3-6-15(12-14)21(27)25-18-10-8-17(23)9-11-18/h1-12H,13H2,(H,24,26)(H,25,27). The minimum absolute atomic E-state index is 0.282. The maximum Gasteiger partial charge on any atom is 0.255 e. The van der Waals surface area contributed by atoms with Crippen molar-refractivity contribution in [1.82, 2.24) is 5.32 Å². The molecule has 0 saturated carbocycles. The summed E-state index contributed by atoms with van der Waals surface area (Å²) in [6.45, 7) is 0.282. The maximum atomic E-state index is 12.9. The van der Waals surface area contributed by atoms with Crippen LogP contribution in [0, 0.1) is 5.82 Å². The number of hydrogen-bond acceptors (Lipinski definition) is 2. The highest BCUT2D eigenvalue weighted by molar-refractivity contribution is 6.31. The molecule has 4 nitrogen and oxygen atoms in total. The fourth-order valence-electron chi connectivity index (χ4n) is 2.46. The second kappa shape index (κ2) is 8.47. The molecule has 0 heterocycles. The number of nitrogens with one attached hydrogen (secondary N) is 2. The van der Waals surface area contributed by atoms with Crippen molar-refractivity contribution in [2.75, 3.05) is 5.32 Å². The van der Waals surface area contributed by atoms with Crippen molar-refractivity contribution < 1.29 is 14.0 Å². The van der Waals surface area contributed by atoms with E-state index < -0.39 is 0 Å². The molecule has 0 aliphatic rings. The van der Waals surface area contributed by atoms with Crippen LogP contribution in [-0.4, -0.2) is 11.8 Å². The molecule has 2 N–H and O–H groups in total. The Morgan fingerprint density at radius 2 is 1.52 bits per heavy atom. The molecule has 0 radical (unpaired) electrons. The third kappa shape index (κ3) is 4.92. The van der Waals surface area contributed by atoms with Crippen molar-refractivity contribution in [3.8, 4) is 0 Å². The number of halogens is 2. The van der Waals surface area contributed by atoms with Crippen LogP contribution in [0.3, 0.4) is 0 Å². The van der Waals surface area contributed by atoms with Gasteiger partial charge in [-0.05, 0) is 54.1 Å². The zero-order valence-electron chi connectivity index (χ0n) is 14.2. The Labute approximate surface area is 161 Å². The average molecular weight is 383 g/mol. The van der Waals surface area contributed by atoms with Crippen molar-refractivity contribution in [1.29, 1.82) is 0 Å². The highest BCUT2D eigenvalue weighted by Gasteiger charge is 2.11. The van der Waals surface area contributed by atoms with Gasteiger partial charge >= 0.3 is 0 Å².